The van der Waals surface area contributed by atoms with Crippen molar-refractivity contribution >= 4 is 11.7 Å². The second-order valence-corrected chi connectivity index (χ2v) is 5.63. The first-order chi connectivity index (χ1) is 11.2. The Labute approximate surface area is 135 Å². The van der Waals surface area contributed by atoms with Crippen molar-refractivity contribution in [2.75, 3.05) is 31.2 Å². The number of nitrogens with one attached hydrogen (secondary N) is 1. The standard InChI is InChI=1S/C17H21N3O3/c1-13(12-14-4-3-9-23-14)19-17(21)15-5-2-6-18-16(15)20-7-10-22-11-8-20/h2-6,9,13H,7-8,10-12H2,1H3,(H,19,21). The number of hydrogen-bond acceptors (Lipinski definition) is 5. The lowest BCUT2D eigenvalue weighted by Gasteiger charge is -2.29. The van der Waals surface area contributed by atoms with Gasteiger partial charge in [0.1, 0.15) is 11.6 Å². The second-order valence-electron chi connectivity index (χ2n) is 5.63. The number of anilines is 1. The summed E-state index contributed by atoms with van der Waals surface area (Å²) in [5.74, 6) is 1.47. The van der Waals surface area contributed by atoms with Gasteiger partial charge in [0.05, 0.1) is 25.0 Å². The highest BCUT2D eigenvalue weighted by molar-refractivity contribution is 5.99. The van der Waals surface area contributed by atoms with E-state index in [2.05, 4.69) is 15.2 Å². The number of furan rings is 1. The molecule has 3 rings (SSSR count). The first-order valence-electron chi connectivity index (χ1n) is 7.85. The summed E-state index contributed by atoms with van der Waals surface area (Å²) in [5, 5.41) is 3.02. The minimum Gasteiger partial charge on any atom is -0.469 e. The molecule has 0 saturated carbocycles. The van der Waals surface area contributed by atoms with Crippen molar-refractivity contribution < 1.29 is 13.9 Å². The molecule has 1 N–H and O–H groups in total. The van der Waals surface area contributed by atoms with Crippen molar-refractivity contribution in [1.82, 2.24) is 10.3 Å². The van der Waals surface area contributed by atoms with Crippen LogP contribution < -0.4 is 10.2 Å². The van der Waals surface area contributed by atoms with Gasteiger partial charge in [-0.2, -0.15) is 0 Å². The van der Waals surface area contributed by atoms with Gasteiger partial charge in [-0.25, -0.2) is 4.98 Å². The van der Waals surface area contributed by atoms with Gasteiger partial charge in [-0.15, -0.1) is 0 Å². The van der Waals surface area contributed by atoms with Crippen molar-refractivity contribution in [2.24, 2.45) is 0 Å². The lowest BCUT2D eigenvalue weighted by Crippen LogP contribution is -2.39. The van der Waals surface area contributed by atoms with E-state index in [1.807, 2.05) is 25.1 Å². The molecule has 1 saturated heterocycles. The van der Waals surface area contributed by atoms with E-state index >= 15 is 0 Å². The number of nitrogens with zero attached hydrogens (tertiary/aromatic N) is 2. The number of aromatic nitrogens is 1. The Bertz CT molecular complexity index is 636. The summed E-state index contributed by atoms with van der Waals surface area (Å²) in [6.07, 6.45) is 4.02. The molecule has 6 heteroatoms. The third-order valence-electron chi connectivity index (χ3n) is 3.81. The molecule has 3 heterocycles. The Morgan fingerprint density at radius 1 is 1.35 bits per heavy atom. The Kier molecular flexibility index (Phi) is 4.92. The highest BCUT2D eigenvalue weighted by Gasteiger charge is 2.21. The van der Waals surface area contributed by atoms with Gasteiger partial charge >= 0.3 is 0 Å². The van der Waals surface area contributed by atoms with Crippen LogP contribution in [0.3, 0.4) is 0 Å². The fraction of sp³-hybridized carbons (Fsp3) is 0.412. The summed E-state index contributed by atoms with van der Waals surface area (Å²) >= 11 is 0. The fourth-order valence-electron chi connectivity index (χ4n) is 2.68. The highest BCUT2D eigenvalue weighted by atomic mass is 16.5. The molecule has 0 bridgehead atoms. The average Bonchev–Trinajstić information content (AvgIpc) is 3.08. The van der Waals surface area contributed by atoms with Crippen LogP contribution in [0.25, 0.3) is 0 Å². The average molecular weight is 315 g/mol. The summed E-state index contributed by atoms with van der Waals surface area (Å²) < 4.78 is 10.7. The summed E-state index contributed by atoms with van der Waals surface area (Å²) in [5.41, 5.74) is 0.598. The van der Waals surface area contributed by atoms with Gasteiger partial charge in [0.25, 0.3) is 5.91 Å². The lowest BCUT2D eigenvalue weighted by molar-refractivity contribution is 0.0937. The number of pyridine rings is 1. The smallest absolute Gasteiger partial charge is 0.255 e. The monoisotopic (exact) mass is 315 g/mol. The Balaban J connectivity index is 1.69. The van der Waals surface area contributed by atoms with Crippen molar-refractivity contribution in [3.8, 4) is 0 Å². The van der Waals surface area contributed by atoms with E-state index < -0.39 is 0 Å². The maximum Gasteiger partial charge on any atom is 0.255 e. The van der Waals surface area contributed by atoms with Gasteiger partial charge in [-0.05, 0) is 31.2 Å². The van der Waals surface area contributed by atoms with Gasteiger partial charge in [0.15, 0.2) is 0 Å². The third kappa shape index (κ3) is 3.90. The minimum absolute atomic E-state index is 0.0219. The van der Waals surface area contributed by atoms with Crippen LogP contribution in [0.4, 0.5) is 5.82 Å². The summed E-state index contributed by atoms with van der Waals surface area (Å²) in [6.45, 7) is 4.78. The zero-order chi connectivity index (χ0) is 16.1. The van der Waals surface area contributed by atoms with E-state index in [0.717, 1.165) is 24.7 Å². The van der Waals surface area contributed by atoms with Crippen LogP contribution in [0.1, 0.15) is 23.0 Å². The quantitative estimate of drug-likeness (QED) is 0.912. The van der Waals surface area contributed by atoms with Crippen LogP contribution in [0.5, 0.6) is 0 Å². The van der Waals surface area contributed by atoms with E-state index in [1.54, 1.807) is 18.5 Å². The molecular weight excluding hydrogens is 294 g/mol. The van der Waals surface area contributed by atoms with E-state index in [4.69, 9.17) is 9.15 Å². The van der Waals surface area contributed by atoms with E-state index in [0.29, 0.717) is 25.2 Å². The number of amides is 1. The number of carbonyl (C=O) groups excluding carboxylic acids is 1. The van der Waals surface area contributed by atoms with Crippen molar-refractivity contribution in [3.63, 3.8) is 0 Å². The van der Waals surface area contributed by atoms with Crippen LogP contribution in [0.2, 0.25) is 0 Å². The Morgan fingerprint density at radius 2 is 2.17 bits per heavy atom. The summed E-state index contributed by atoms with van der Waals surface area (Å²) in [4.78, 5) is 19.1. The lowest BCUT2D eigenvalue weighted by atomic mass is 10.1. The molecule has 1 fully saturated rings. The number of morpholine rings is 1. The molecule has 0 radical (unpaired) electrons. The van der Waals surface area contributed by atoms with Gasteiger partial charge in [-0.1, -0.05) is 0 Å². The molecule has 1 aliphatic heterocycles. The Morgan fingerprint density at radius 3 is 2.91 bits per heavy atom. The minimum atomic E-state index is -0.112. The molecule has 23 heavy (non-hydrogen) atoms. The van der Waals surface area contributed by atoms with E-state index in [-0.39, 0.29) is 11.9 Å². The predicted octanol–water partition coefficient (Wildman–Crippen LogP) is 1.87. The molecule has 0 aromatic carbocycles. The zero-order valence-corrected chi connectivity index (χ0v) is 13.2. The SMILES string of the molecule is CC(Cc1ccco1)NC(=O)c1cccnc1N1CCOCC1. The van der Waals surface area contributed by atoms with Gasteiger partial charge in [0, 0.05) is 31.7 Å². The molecule has 122 valence electrons. The normalized spacial score (nSPS) is 16.1. The maximum atomic E-state index is 12.6. The third-order valence-corrected chi connectivity index (χ3v) is 3.81. The van der Waals surface area contributed by atoms with Crippen LogP contribution >= 0.6 is 0 Å². The number of ether oxygens (including phenoxy) is 1. The number of hydrogen-bond donors (Lipinski definition) is 1. The van der Waals surface area contributed by atoms with Crippen LogP contribution in [0, 0.1) is 0 Å². The van der Waals surface area contributed by atoms with Crippen LogP contribution in [0.15, 0.2) is 41.1 Å². The topological polar surface area (TPSA) is 67.6 Å². The molecule has 0 spiro atoms. The molecule has 2 aromatic rings. The first-order valence-corrected chi connectivity index (χ1v) is 7.85. The maximum absolute atomic E-state index is 12.6. The van der Waals surface area contributed by atoms with E-state index in [1.165, 1.54) is 0 Å². The molecule has 2 aromatic heterocycles. The van der Waals surface area contributed by atoms with Crippen molar-refractivity contribution in [2.45, 2.75) is 19.4 Å². The molecule has 1 amide bonds. The Hall–Kier alpha value is -2.34. The van der Waals surface area contributed by atoms with Gasteiger partial charge in [-0.3, -0.25) is 4.79 Å². The molecule has 1 unspecified atom stereocenters. The second kappa shape index (κ2) is 7.28. The van der Waals surface area contributed by atoms with Crippen LogP contribution in [-0.2, 0) is 11.2 Å². The van der Waals surface area contributed by atoms with Gasteiger partial charge < -0.3 is 19.4 Å². The summed E-state index contributed by atoms with van der Waals surface area (Å²) in [6, 6.07) is 7.34. The van der Waals surface area contributed by atoms with Crippen LogP contribution in [-0.4, -0.2) is 43.2 Å². The largest absolute Gasteiger partial charge is 0.469 e. The molecule has 1 atom stereocenters. The van der Waals surface area contributed by atoms with Crippen molar-refractivity contribution in [3.05, 3.63) is 48.0 Å². The van der Waals surface area contributed by atoms with Crippen molar-refractivity contribution in [1.29, 1.82) is 0 Å². The predicted molar refractivity (Wildman–Crippen MR) is 86.6 cm³/mol. The number of carbonyl (C=O) groups is 1. The molecule has 0 aliphatic carbocycles. The fourth-order valence-corrected chi connectivity index (χ4v) is 2.68. The van der Waals surface area contributed by atoms with Gasteiger partial charge in [0.2, 0.25) is 0 Å². The van der Waals surface area contributed by atoms with E-state index in [9.17, 15) is 4.79 Å². The summed E-state index contributed by atoms with van der Waals surface area (Å²) in [7, 11) is 0. The zero-order valence-electron chi connectivity index (χ0n) is 13.2. The molecule has 6 nitrogen and oxygen atoms in total. The molecule has 1 aliphatic rings. The first kappa shape index (κ1) is 15.6. The highest BCUT2D eigenvalue weighted by Crippen LogP contribution is 2.18. The number of rotatable bonds is 5. The molecular formula is C17H21N3O3.